The van der Waals surface area contributed by atoms with Crippen LogP contribution in [0.5, 0.6) is 0 Å². The predicted octanol–water partition coefficient (Wildman–Crippen LogP) is 4.78. The van der Waals surface area contributed by atoms with E-state index >= 15 is 0 Å². The molecule has 0 atom stereocenters. The Hall–Kier alpha value is -3.00. The number of carboxylic acids is 1. The molecule has 0 unspecified atom stereocenters. The van der Waals surface area contributed by atoms with Crippen LogP contribution < -0.4 is 4.90 Å². The summed E-state index contributed by atoms with van der Waals surface area (Å²) < 4.78 is 19.7. The van der Waals surface area contributed by atoms with Crippen LogP contribution in [0.2, 0.25) is 0 Å². The zero-order valence-electron chi connectivity index (χ0n) is 18.8. The van der Waals surface area contributed by atoms with E-state index in [4.69, 9.17) is 4.74 Å². The summed E-state index contributed by atoms with van der Waals surface area (Å²) in [6.07, 6.45) is 7.06. The Kier molecular flexibility index (Phi) is 5.78. The Balaban J connectivity index is 1.15. The number of anilines is 1. The van der Waals surface area contributed by atoms with E-state index in [1.807, 2.05) is 19.1 Å². The molecule has 2 N–H and O–H groups in total. The van der Waals surface area contributed by atoms with Crippen LogP contribution in [0.15, 0.2) is 36.5 Å². The number of carboxylic acid groups (broad SMARTS) is 1. The zero-order chi connectivity index (χ0) is 23.0. The van der Waals surface area contributed by atoms with Gasteiger partial charge in [0.05, 0.1) is 28.7 Å². The number of rotatable bonds is 5. The zero-order valence-corrected chi connectivity index (χ0v) is 18.8. The van der Waals surface area contributed by atoms with Crippen molar-refractivity contribution in [1.29, 1.82) is 0 Å². The van der Waals surface area contributed by atoms with Crippen molar-refractivity contribution in [3.05, 3.63) is 42.3 Å². The number of imidazole rings is 1. The fourth-order valence-electron chi connectivity index (χ4n) is 4.90. The van der Waals surface area contributed by atoms with Crippen LogP contribution in [0.25, 0.3) is 22.4 Å². The molecule has 0 radical (unpaired) electrons. The van der Waals surface area contributed by atoms with E-state index in [1.165, 1.54) is 12.1 Å². The Labute approximate surface area is 192 Å². The molecule has 5 rings (SSSR count). The highest BCUT2D eigenvalue weighted by molar-refractivity contribution is 5.79. The number of aromatic nitrogens is 3. The van der Waals surface area contributed by atoms with Gasteiger partial charge in [-0.1, -0.05) is 0 Å². The van der Waals surface area contributed by atoms with Gasteiger partial charge < -0.3 is 19.7 Å². The van der Waals surface area contributed by atoms with Gasteiger partial charge >= 0.3 is 5.97 Å². The maximum Gasteiger partial charge on any atom is 0.309 e. The fourth-order valence-corrected chi connectivity index (χ4v) is 4.90. The first kappa shape index (κ1) is 21.8. The maximum atomic E-state index is 13.4. The fraction of sp³-hybridized carbons (Fsp3) is 0.480. The number of halogens is 1. The molecule has 3 aromatic rings. The number of piperidine rings is 1. The molecule has 7 nitrogen and oxygen atoms in total. The Morgan fingerprint density at radius 3 is 2.55 bits per heavy atom. The minimum Gasteiger partial charge on any atom is -0.481 e. The van der Waals surface area contributed by atoms with Crippen LogP contribution in [0.4, 0.5) is 10.2 Å². The summed E-state index contributed by atoms with van der Waals surface area (Å²) in [6, 6.07) is 8.51. The van der Waals surface area contributed by atoms with Crippen LogP contribution in [0, 0.1) is 11.2 Å². The number of hydrogen-bond donors (Lipinski definition) is 2. The summed E-state index contributed by atoms with van der Waals surface area (Å²) in [5.41, 5.74) is 1.66. The van der Waals surface area contributed by atoms with Gasteiger partial charge in [-0.05, 0) is 69.7 Å². The molecule has 1 aliphatic carbocycles. The summed E-state index contributed by atoms with van der Waals surface area (Å²) in [7, 11) is 0. The van der Waals surface area contributed by atoms with Crippen LogP contribution >= 0.6 is 0 Å². The number of nitrogens with zero attached hydrogens (tertiary/aromatic N) is 3. The van der Waals surface area contributed by atoms with Crippen molar-refractivity contribution in [2.24, 2.45) is 5.41 Å². The highest BCUT2D eigenvalue weighted by atomic mass is 19.1. The number of hydrogen-bond acceptors (Lipinski definition) is 5. The number of carbonyl (C=O) groups is 1. The summed E-state index contributed by atoms with van der Waals surface area (Å²) in [4.78, 5) is 26.0. The highest BCUT2D eigenvalue weighted by Gasteiger charge is 2.38. The molecule has 1 aromatic carbocycles. The Morgan fingerprint density at radius 1 is 1.15 bits per heavy atom. The predicted molar refractivity (Wildman–Crippen MR) is 124 cm³/mol. The van der Waals surface area contributed by atoms with Gasteiger partial charge in [0.1, 0.15) is 17.5 Å². The number of aromatic amines is 1. The molecular weight excluding hydrogens is 423 g/mol. The van der Waals surface area contributed by atoms with Crippen molar-refractivity contribution in [1.82, 2.24) is 15.0 Å². The highest BCUT2D eigenvalue weighted by Crippen LogP contribution is 2.38. The van der Waals surface area contributed by atoms with Crippen molar-refractivity contribution >= 4 is 22.8 Å². The van der Waals surface area contributed by atoms with Crippen LogP contribution in [-0.4, -0.2) is 51.3 Å². The molecule has 0 bridgehead atoms. The molecule has 1 aliphatic heterocycles. The molecular formula is C25H29FN4O3. The molecule has 3 heterocycles. The molecule has 1 saturated heterocycles. The Morgan fingerprint density at radius 2 is 1.88 bits per heavy atom. The molecule has 174 valence electrons. The molecule has 1 saturated carbocycles. The van der Waals surface area contributed by atoms with E-state index in [1.54, 1.807) is 12.3 Å². The number of fused-ring (bicyclic) bond motifs is 1. The summed E-state index contributed by atoms with van der Waals surface area (Å²) in [6.45, 7) is 3.59. The summed E-state index contributed by atoms with van der Waals surface area (Å²) in [5, 5.41) is 9.40. The molecule has 8 heteroatoms. The van der Waals surface area contributed by atoms with Crippen molar-refractivity contribution in [2.75, 3.05) is 18.0 Å². The third-order valence-electron chi connectivity index (χ3n) is 7.17. The van der Waals surface area contributed by atoms with Gasteiger partial charge in [-0.3, -0.25) is 4.79 Å². The number of H-pyrrole nitrogens is 1. The molecule has 2 fully saturated rings. The quantitative estimate of drug-likeness (QED) is 0.579. The normalized spacial score (nSPS) is 24.3. The second kappa shape index (κ2) is 8.74. The molecule has 33 heavy (non-hydrogen) atoms. The molecule has 0 amide bonds. The lowest BCUT2D eigenvalue weighted by Gasteiger charge is -2.38. The maximum absolute atomic E-state index is 13.4. The first-order chi connectivity index (χ1) is 15.9. The first-order valence-corrected chi connectivity index (χ1v) is 11.7. The van der Waals surface area contributed by atoms with E-state index < -0.39 is 11.4 Å². The van der Waals surface area contributed by atoms with Crippen molar-refractivity contribution in [3.8, 4) is 11.4 Å². The number of aliphatic carboxylic acids is 1. The monoisotopic (exact) mass is 452 g/mol. The molecule has 0 spiro atoms. The average molecular weight is 453 g/mol. The third-order valence-corrected chi connectivity index (χ3v) is 7.17. The van der Waals surface area contributed by atoms with E-state index in [0.717, 1.165) is 55.7 Å². The van der Waals surface area contributed by atoms with Gasteiger partial charge in [-0.25, -0.2) is 14.4 Å². The summed E-state index contributed by atoms with van der Waals surface area (Å²) >= 11 is 0. The van der Waals surface area contributed by atoms with Crippen LogP contribution in [0.3, 0.4) is 0 Å². The number of nitrogens with one attached hydrogen (secondary N) is 1. The first-order valence-electron chi connectivity index (χ1n) is 11.7. The standard InChI is InChI=1S/C25H29FN4O3/c1-25(24(31)32)10-6-18(7-11-25)33-19-8-12-30(13-9-19)22-5-2-16(15-27-22)23-28-20-4-3-17(26)14-21(20)29-23/h2-5,14-15,18-19H,6-13H2,1H3,(H,28,29)(H,31,32)/t18-,25+. The van der Waals surface area contributed by atoms with E-state index in [9.17, 15) is 14.3 Å². The molecule has 2 aliphatic rings. The lowest BCUT2D eigenvalue weighted by molar-refractivity contribution is -0.152. The van der Waals surface area contributed by atoms with Gasteiger partial charge in [0.25, 0.3) is 0 Å². The second-order valence-electron chi connectivity index (χ2n) is 9.54. The minimum atomic E-state index is -0.693. The topological polar surface area (TPSA) is 91.3 Å². The SMILES string of the molecule is C[C@]1(C(=O)O)CC[C@@H](OC2CCN(c3ccc(-c4nc5cc(F)ccc5[nH]4)cn3)CC2)CC1. The van der Waals surface area contributed by atoms with Gasteiger partial charge in [0, 0.05) is 30.9 Å². The number of benzene rings is 1. The van der Waals surface area contributed by atoms with Gasteiger partial charge in [-0.15, -0.1) is 0 Å². The van der Waals surface area contributed by atoms with Crippen molar-refractivity contribution < 1.29 is 19.0 Å². The number of pyridine rings is 1. The minimum absolute atomic E-state index is 0.170. The molecule has 2 aromatic heterocycles. The van der Waals surface area contributed by atoms with E-state index in [2.05, 4.69) is 19.9 Å². The smallest absolute Gasteiger partial charge is 0.309 e. The lowest BCUT2D eigenvalue weighted by Crippen LogP contribution is -2.41. The second-order valence-corrected chi connectivity index (χ2v) is 9.54. The Bertz CT molecular complexity index is 1130. The third kappa shape index (κ3) is 4.57. The number of ether oxygens (including phenoxy) is 1. The largest absolute Gasteiger partial charge is 0.481 e. The average Bonchev–Trinajstić information content (AvgIpc) is 3.24. The van der Waals surface area contributed by atoms with Gasteiger partial charge in [-0.2, -0.15) is 0 Å². The van der Waals surface area contributed by atoms with E-state index in [-0.39, 0.29) is 18.0 Å². The lowest BCUT2D eigenvalue weighted by atomic mass is 9.75. The summed E-state index contributed by atoms with van der Waals surface area (Å²) in [5.74, 6) is 0.605. The van der Waals surface area contributed by atoms with Crippen LogP contribution in [-0.2, 0) is 9.53 Å². The van der Waals surface area contributed by atoms with E-state index in [0.29, 0.717) is 24.2 Å². The van der Waals surface area contributed by atoms with Gasteiger partial charge in [0.15, 0.2) is 0 Å². The van der Waals surface area contributed by atoms with Gasteiger partial charge in [0.2, 0.25) is 0 Å². The van der Waals surface area contributed by atoms with Crippen molar-refractivity contribution in [3.63, 3.8) is 0 Å². The van der Waals surface area contributed by atoms with Crippen LogP contribution in [0.1, 0.15) is 45.4 Å². The van der Waals surface area contributed by atoms with Crippen molar-refractivity contribution in [2.45, 2.75) is 57.7 Å².